The molecule has 0 saturated carbocycles. The van der Waals surface area contributed by atoms with Crippen LogP contribution >= 0.6 is 22.6 Å². The van der Waals surface area contributed by atoms with Crippen LogP contribution in [0.2, 0.25) is 0 Å². The number of nitrogens with one attached hydrogen (secondary N) is 1. The molecule has 0 radical (unpaired) electrons. The SMILES string of the molecule is Cc1ccc(C)n1-c1c(C(=O)Nc2ccccc2I)cnn1C. The molecule has 0 unspecified atom stereocenters. The summed E-state index contributed by atoms with van der Waals surface area (Å²) >= 11 is 2.21. The fourth-order valence-electron chi connectivity index (χ4n) is 2.61. The predicted molar refractivity (Wildman–Crippen MR) is 99.1 cm³/mol. The zero-order valence-corrected chi connectivity index (χ0v) is 15.3. The minimum atomic E-state index is -0.162. The molecule has 0 aliphatic heterocycles. The van der Waals surface area contributed by atoms with Gasteiger partial charge >= 0.3 is 0 Å². The number of carbonyl (C=O) groups is 1. The van der Waals surface area contributed by atoms with Gasteiger partial charge < -0.3 is 9.88 Å². The summed E-state index contributed by atoms with van der Waals surface area (Å²) in [6.07, 6.45) is 1.61. The number of benzene rings is 1. The van der Waals surface area contributed by atoms with Crippen molar-refractivity contribution in [3.8, 4) is 5.82 Å². The minimum Gasteiger partial charge on any atom is -0.321 e. The molecule has 6 heteroatoms. The molecule has 118 valence electrons. The van der Waals surface area contributed by atoms with Crippen LogP contribution < -0.4 is 5.32 Å². The zero-order chi connectivity index (χ0) is 16.6. The first-order valence-electron chi connectivity index (χ1n) is 7.22. The Morgan fingerprint density at radius 2 is 1.78 bits per heavy atom. The van der Waals surface area contributed by atoms with Crippen molar-refractivity contribution in [2.24, 2.45) is 7.05 Å². The maximum atomic E-state index is 12.7. The topological polar surface area (TPSA) is 51.9 Å². The third-order valence-electron chi connectivity index (χ3n) is 3.76. The Kier molecular flexibility index (Phi) is 4.25. The minimum absolute atomic E-state index is 0.162. The fourth-order valence-corrected chi connectivity index (χ4v) is 3.13. The lowest BCUT2D eigenvalue weighted by Gasteiger charge is -2.13. The van der Waals surface area contributed by atoms with Gasteiger partial charge in [-0.1, -0.05) is 12.1 Å². The number of hydrogen-bond acceptors (Lipinski definition) is 2. The van der Waals surface area contributed by atoms with Crippen molar-refractivity contribution in [1.29, 1.82) is 0 Å². The van der Waals surface area contributed by atoms with Crippen molar-refractivity contribution in [3.05, 3.63) is 63.1 Å². The molecule has 3 rings (SSSR count). The molecule has 0 saturated heterocycles. The summed E-state index contributed by atoms with van der Waals surface area (Å²) in [6.45, 7) is 4.03. The zero-order valence-electron chi connectivity index (χ0n) is 13.2. The number of hydrogen-bond donors (Lipinski definition) is 1. The number of aryl methyl sites for hydroxylation is 3. The van der Waals surface area contributed by atoms with Crippen LogP contribution in [-0.2, 0) is 7.05 Å². The molecule has 0 spiro atoms. The van der Waals surface area contributed by atoms with Gasteiger partial charge in [0.1, 0.15) is 11.4 Å². The molecule has 2 aromatic heterocycles. The molecule has 0 aliphatic carbocycles. The van der Waals surface area contributed by atoms with Gasteiger partial charge in [0.15, 0.2) is 0 Å². The van der Waals surface area contributed by atoms with E-state index in [9.17, 15) is 4.79 Å². The van der Waals surface area contributed by atoms with Crippen molar-refractivity contribution in [1.82, 2.24) is 14.3 Å². The van der Waals surface area contributed by atoms with Crippen LogP contribution in [0.4, 0.5) is 5.69 Å². The van der Waals surface area contributed by atoms with Crippen molar-refractivity contribution >= 4 is 34.2 Å². The lowest BCUT2D eigenvalue weighted by atomic mass is 10.2. The maximum absolute atomic E-state index is 12.7. The smallest absolute Gasteiger partial charge is 0.261 e. The highest BCUT2D eigenvalue weighted by atomic mass is 127. The fraction of sp³-hybridized carbons (Fsp3) is 0.176. The van der Waals surface area contributed by atoms with Crippen LogP contribution in [0.3, 0.4) is 0 Å². The molecule has 0 fully saturated rings. The molecule has 23 heavy (non-hydrogen) atoms. The van der Waals surface area contributed by atoms with E-state index in [1.54, 1.807) is 10.9 Å². The van der Waals surface area contributed by atoms with E-state index >= 15 is 0 Å². The number of anilines is 1. The first kappa shape index (κ1) is 15.8. The molecule has 0 bridgehead atoms. The van der Waals surface area contributed by atoms with Gasteiger partial charge in [-0.05, 0) is 60.7 Å². The normalized spacial score (nSPS) is 10.8. The first-order valence-corrected chi connectivity index (χ1v) is 8.30. The first-order chi connectivity index (χ1) is 11.0. The van der Waals surface area contributed by atoms with Gasteiger partial charge in [0.05, 0.1) is 11.9 Å². The van der Waals surface area contributed by atoms with Crippen molar-refractivity contribution in [3.63, 3.8) is 0 Å². The third kappa shape index (κ3) is 2.90. The standard InChI is InChI=1S/C17H17IN4O/c1-11-8-9-12(2)22(11)17-13(10-19-21(17)3)16(23)20-15-7-5-4-6-14(15)18/h4-10H,1-3H3,(H,20,23). The van der Waals surface area contributed by atoms with Crippen molar-refractivity contribution in [2.75, 3.05) is 5.32 Å². The van der Waals surface area contributed by atoms with Gasteiger partial charge in [-0.3, -0.25) is 9.48 Å². The molecular weight excluding hydrogens is 403 g/mol. The highest BCUT2D eigenvalue weighted by Crippen LogP contribution is 2.22. The molecule has 0 aliphatic rings. The molecule has 5 nitrogen and oxygen atoms in total. The molecule has 1 amide bonds. The highest BCUT2D eigenvalue weighted by molar-refractivity contribution is 14.1. The lowest BCUT2D eigenvalue weighted by molar-refractivity contribution is 0.102. The summed E-state index contributed by atoms with van der Waals surface area (Å²) < 4.78 is 4.76. The van der Waals surface area contributed by atoms with Crippen LogP contribution in [0.25, 0.3) is 5.82 Å². The Morgan fingerprint density at radius 1 is 1.13 bits per heavy atom. The number of halogens is 1. The number of para-hydroxylation sites is 1. The van der Waals surface area contributed by atoms with E-state index in [0.717, 1.165) is 26.5 Å². The second-order valence-electron chi connectivity index (χ2n) is 5.39. The van der Waals surface area contributed by atoms with Crippen molar-refractivity contribution in [2.45, 2.75) is 13.8 Å². The molecule has 2 heterocycles. The maximum Gasteiger partial charge on any atom is 0.261 e. The summed E-state index contributed by atoms with van der Waals surface area (Å²) in [5.74, 6) is 0.609. The summed E-state index contributed by atoms with van der Waals surface area (Å²) in [4.78, 5) is 12.7. The average molecular weight is 420 g/mol. The number of aromatic nitrogens is 3. The van der Waals surface area contributed by atoms with E-state index in [2.05, 4.69) is 33.0 Å². The van der Waals surface area contributed by atoms with Crippen LogP contribution in [-0.4, -0.2) is 20.3 Å². The lowest BCUT2D eigenvalue weighted by Crippen LogP contribution is -2.17. The van der Waals surface area contributed by atoms with E-state index in [1.807, 2.05) is 61.9 Å². The molecule has 0 atom stereocenters. The second-order valence-corrected chi connectivity index (χ2v) is 6.55. The third-order valence-corrected chi connectivity index (χ3v) is 4.70. The summed E-state index contributed by atoms with van der Waals surface area (Å²) in [6, 6.07) is 11.8. The van der Waals surface area contributed by atoms with E-state index in [1.165, 1.54) is 0 Å². The van der Waals surface area contributed by atoms with Crippen LogP contribution in [0, 0.1) is 17.4 Å². The number of nitrogens with zero attached hydrogens (tertiary/aromatic N) is 3. The largest absolute Gasteiger partial charge is 0.321 e. The Labute approximate surface area is 148 Å². The summed E-state index contributed by atoms with van der Waals surface area (Å²) in [5.41, 5.74) is 3.48. The number of carbonyl (C=O) groups excluding carboxylic acids is 1. The molecule has 1 N–H and O–H groups in total. The number of rotatable bonds is 3. The second kappa shape index (κ2) is 6.19. The Balaban J connectivity index is 2.02. The summed E-state index contributed by atoms with van der Waals surface area (Å²) in [7, 11) is 1.84. The van der Waals surface area contributed by atoms with Gasteiger partial charge in [-0.15, -0.1) is 0 Å². The predicted octanol–water partition coefficient (Wildman–Crippen LogP) is 3.68. The Hall–Kier alpha value is -2.09. The molecule has 3 aromatic rings. The van der Waals surface area contributed by atoms with Gasteiger partial charge in [0.2, 0.25) is 0 Å². The summed E-state index contributed by atoms with van der Waals surface area (Å²) in [5, 5.41) is 7.24. The van der Waals surface area contributed by atoms with Crippen LogP contribution in [0.1, 0.15) is 21.7 Å². The monoisotopic (exact) mass is 420 g/mol. The van der Waals surface area contributed by atoms with E-state index < -0.39 is 0 Å². The van der Waals surface area contributed by atoms with Crippen LogP contribution in [0.5, 0.6) is 0 Å². The van der Waals surface area contributed by atoms with E-state index in [0.29, 0.717) is 5.56 Å². The molecule has 1 aromatic carbocycles. The Morgan fingerprint density at radius 3 is 2.43 bits per heavy atom. The quantitative estimate of drug-likeness (QED) is 0.658. The molecular formula is C17H17IN4O. The Bertz CT molecular complexity index is 859. The van der Waals surface area contributed by atoms with Crippen LogP contribution in [0.15, 0.2) is 42.6 Å². The van der Waals surface area contributed by atoms with Gasteiger partial charge in [-0.25, -0.2) is 0 Å². The average Bonchev–Trinajstić information content (AvgIpc) is 3.04. The van der Waals surface area contributed by atoms with E-state index in [-0.39, 0.29) is 5.91 Å². The highest BCUT2D eigenvalue weighted by Gasteiger charge is 2.20. The van der Waals surface area contributed by atoms with Gasteiger partial charge in [0, 0.05) is 22.0 Å². The van der Waals surface area contributed by atoms with Crippen molar-refractivity contribution < 1.29 is 4.79 Å². The van der Waals surface area contributed by atoms with Gasteiger partial charge in [-0.2, -0.15) is 5.10 Å². The van der Waals surface area contributed by atoms with E-state index in [4.69, 9.17) is 0 Å². The van der Waals surface area contributed by atoms with Gasteiger partial charge in [0.25, 0.3) is 5.91 Å². The number of amides is 1.